The van der Waals surface area contributed by atoms with Crippen LogP contribution >= 0.6 is 0 Å². The van der Waals surface area contributed by atoms with Gasteiger partial charge in [0.2, 0.25) is 0 Å². The fourth-order valence-corrected chi connectivity index (χ4v) is 1.89. The Morgan fingerprint density at radius 1 is 1.33 bits per heavy atom. The average molecular weight is 203 g/mol. The molecule has 0 aliphatic rings. The average Bonchev–Trinajstić information content (AvgIpc) is 2.64. The topological polar surface area (TPSA) is 43.8 Å². The van der Waals surface area contributed by atoms with Crippen LogP contribution in [0, 0.1) is 0 Å². The highest BCUT2D eigenvalue weighted by Crippen LogP contribution is 2.16. The molecule has 0 saturated carbocycles. The van der Waals surface area contributed by atoms with Crippen LogP contribution in [-0.2, 0) is 13.0 Å². The van der Waals surface area contributed by atoms with Gasteiger partial charge in [-0.3, -0.25) is 0 Å². The quantitative estimate of drug-likeness (QED) is 0.825. The molecule has 0 unspecified atom stereocenters. The second kappa shape index (κ2) is 4.45. The molecule has 15 heavy (non-hydrogen) atoms. The molecule has 0 fully saturated rings. The lowest BCUT2D eigenvalue weighted by Crippen LogP contribution is -2.08. The molecule has 2 rings (SSSR count). The maximum absolute atomic E-state index is 5.55. The monoisotopic (exact) mass is 203 g/mol. The zero-order chi connectivity index (χ0) is 10.7. The third kappa shape index (κ3) is 1.88. The number of imidazole rings is 1. The molecule has 1 aromatic carbocycles. The molecule has 0 aliphatic carbocycles. The van der Waals surface area contributed by atoms with E-state index in [4.69, 9.17) is 5.73 Å². The Bertz CT molecular complexity index is 445. The SMILES string of the molecule is CCc1nc2ccccc2n1CCCN. The minimum Gasteiger partial charge on any atom is -0.330 e. The Labute approximate surface area is 89.9 Å². The molecule has 3 heteroatoms. The standard InChI is InChI=1S/C12H17N3/c1-2-12-14-10-6-3-4-7-11(10)15(12)9-5-8-13/h3-4,6-7H,2,5,8-9,13H2,1H3. The van der Waals surface area contributed by atoms with Gasteiger partial charge >= 0.3 is 0 Å². The van der Waals surface area contributed by atoms with Crippen molar-refractivity contribution in [3.63, 3.8) is 0 Å². The van der Waals surface area contributed by atoms with E-state index in [0.717, 1.165) is 37.3 Å². The van der Waals surface area contributed by atoms with Crippen molar-refractivity contribution in [1.29, 1.82) is 0 Å². The highest BCUT2D eigenvalue weighted by molar-refractivity contribution is 5.75. The molecule has 0 amide bonds. The first kappa shape index (κ1) is 10.2. The zero-order valence-corrected chi connectivity index (χ0v) is 9.11. The van der Waals surface area contributed by atoms with Crippen LogP contribution < -0.4 is 5.73 Å². The minimum absolute atomic E-state index is 0.732. The molecule has 0 aliphatic heterocycles. The molecule has 2 aromatic rings. The second-order valence-electron chi connectivity index (χ2n) is 3.66. The van der Waals surface area contributed by atoms with Gasteiger partial charge in [-0.25, -0.2) is 4.98 Å². The van der Waals surface area contributed by atoms with Crippen LogP contribution in [0.4, 0.5) is 0 Å². The summed E-state index contributed by atoms with van der Waals surface area (Å²) in [5.41, 5.74) is 7.86. The fraction of sp³-hybridized carbons (Fsp3) is 0.417. The maximum Gasteiger partial charge on any atom is 0.109 e. The molecular weight excluding hydrogens is 186 g/mol. The fourth-order valence-electron chi connectivity index (χ4n) is 1.89. The number of nitrogens with zero attached hydrogens (tertiary/aromatic N) is 2. The summed E-state index contributed by atoms with van der Waals surface area (Å²) in [5.74, 6) is 1.16. The van der Waals surface area contributed by atoms with E-state index < -0.39 is 0 Å². The summed E-state index contributed by atoms with van der Waals surface area (Å²) in [4.78, 5) is 4.61. The maximum atomic E-state index is 5.55. The van der Waals surface area contributed by atoms with E-state index in [1.165, 1.54) is 5.52 Å². The Morgan fingerprint density at radius 2 is 2.13 bits per heavy atom. The largest absolute Gasteiger partial charge is 0.330 e. The van der Waals surface area contributed by atoms with Gasteiger partial charge in [-0.05, 0) is 25.1 Å². The van der Waals surface area contributed by atoms with Crippen LogP contribution in [-0.4, -0.2) is 16.1 Å². The van der Waals surface area contributed by atoms with Crippen molar-refractivity contribution in [3.8, 4) is 0 Å². The molecule has 0 spiro atoms. The van der Waals surface area contributed by atoms with Crippen LogP contribution in [0.2, 0.25) is 0 Å². The predicted molar refractivity (Wildman–Crippen MR) is 62.8 cm³/mol. The number of rotatable bonds is 4. The zero-order valence-electron chi connectivity index (χ0n) is 9.11. The normalized spacial score (nSPS) is 11.1. The Morgan fingerprint density at radius 3 is 2.87 bits per heavy atom. The number of hydrogen-bond donors (Lipinski definition) is 1. The molecule has 0 atom stereocenters. The summed E-state index contributed by atoms with van der Waals surface area (Å²) in [6.07, 6.45) is 1.98. The lowest BCUT2D eigenvalue weighted by molar-refractivity contribution is 0.636. The number of benzene rings is 1. The van der Waals surface area contributed by atoms with Crippen LogP contribution in [0.25, 0.3) is 11.0 Å². The van der Waals surface area contributed by atoms with E-state index in [0.29, 0.717) is 0 Å². The van der Waals surface area contributed by atoms with E-state index in [-0.39, 0.29) is 0 Å². The molecule has 0 bridgehead atoms. The summed E-state index contributed by atoms with van der Waals surface area (Å²) in [7, 11) is 0. The van der Waals surface area contributed by atoms with Crippen molar-refractivity contribution in [3.05, 3.63) is 30.1 Å². The molecule has 0 saturated heterocycles. The number of para-hydroxylation sites is 2. The molecule has 1 aromatic heterocycles. The molecule has 80 valence electrons. The van der Waals surface area contributed by atoms with E-state index in [9.17, 15) is 0 Å². The Hall–Kier alpha value is -1.35. The first-order valence-corrected chi connectivity index (χ1v) is 5.51. The summed E-state index contributed by atoms with van der Waals surface area (Å²) < 4.78 is 2.28. The van der Waals surface area contributed by atoms with Gasteiger partial charge in [0.15, 0.2) is 0 Å². The van der Waals surface area contributed by atoms with E-state index in [1.807, 2.05) is 6.07 Å². The van der Waals surface area contributed by atoms with Gasteiger partial charge in [0.1, 0.15) is 5.82 Å². The molecule has 2 N–H and O–H groups in total. The molecule has 0 radical (unpaired) electrons. The van der Waals surface area contributed by atoms with Gasteiger partial charge < -0.3 is 10.3 Å². The predicted octanol–water partition coefficient (Wildman–Crippen LogP) is 1.95. The van der Waals surface area contributed by atoms with Gasteiger partial charge in [-0.15, -0.1) is 0 Å². The van der Waals surface area contributed by atoms with Crippen molar-refractivity contribution >= 4 is 11.0 Å². The first-order valence-electron chi connectivity index (χ1n) is 5.51. The van der Waals surface area contributed by atoms with Crippen molar-refractivity contribution < 1.29 is 0 Å². The highest BCUT2D eigenvalue weighted by Gasteiger charge is 2.07. The number of aryl methyl sites for hydroxylation is 2. The summed E-state index contributed by atoms with van der Waals surface area (Å²) in [5, 5.41) is 0. The first-order chi connectivity index (χ1) is 7.36. The van der Waals surface area contributed by atoms with E-state index >= 15 is 0 Å². The van der Waals surface area contributed by atoms with Crippen molar-refractivity contribution in [2.24, 2.45) is 5.73 Å². The van der Waals surface area contributed by atoms with Crippen LogP contribution in [0.5, 0.6) is 0 Å². The van der Waals surface area contributed by atoms with Gasteiger partial charge in [0.25, 0.3) is 0 Å². The van der Waals surface area contributed by atoms with Crippen LogP contribution in [0.3, 0.4) is 0 Å². The highest BCUT2D eigenvalue weighted by atomic mass is 15.1. The minimum atomic E-state index is 0.732. The lowest BCUT2D eigenvalue weighted by Gasteiger charge is -2.06. The van der Waals surface area contributed by atoms with Crippen LogP contribution in [0.1, 0.15) is 19.2 Å². The third-order valence-electron chi connectivity index (χ3n) is 2.64. The third-order valence-corrected chi connectivity index (χ3v) is 2.64. The van der Waals surface area contributed by atoms with Crippen molar-refractivity contribution in [2.75, 3.05) is 6.54 Å². The second-order valence-corrected chi connectivity index (χ2v) is 3.66. The van der Waals surface area contributed by atoms with Crippen LogP contribution in [0.15, 0.2) is 24.3 Å². The van der Waals surface area contributed by atoms with E-state index in [2.05, 4.69) is 34.7 Å². The number of fused-ring (bicyclic) bond motifs is 1. The Balaban J connectivity index is 2.47. The van der Waals surface area contributed by atoms with Gasteiger partial charge in [-0.1, -0.05) is 19.1 Å². The van der Waals surface area contributed by atoms with Gasteiger partial charge in [0.05, 0.1) is 11.0 Å². The van der Waals surface area contributed by atoms with Crippen molar-refractivity contribution in [2.45, 2.75) is 26.3 Å². The lowest BCUT2D eigenvalue weighted by atomic mass is 10.3. The van der Waals surface area contributed by atoms with Gasteiger partial charge in [-0.2, -0.15) is 0 Å². The number of nitrogens with two attached hydrogens (primary N) is 1. The molecule has 1 heterocycles. The molecular formula is C12H17N3. The smallest absolute Gasteiger partial charge is 0.109 e. The number of hydrogen-bond acceptors (Lipinski definition) is 2. The Kier molecular flexibility index (Phi) is 3.02. The van der Waals surface area contributed by atoms with E-state index in [1.54, 1.807) is 0 Å². The van der Waals surface area contributed by atoms with Crippen molar-refractivity contribution in [1.82, 2.24) is 9.55 Å². The summed E-state index contributed by atoms with van der Waals surface area (Å²) >= 11 is 0. The summed E-state index contributed by atoms with van der Waals surface area (Å²) in [6.45, 7) is 3.84. The number of aromatic nitrogens is 2. The molecule has 3 nitrogen and oxygen atoms in total. The summed E-state index contributed by atoms with van der Waals surface area (Å²) in [6, 6.07) is 8.27. The van der Waals surface area contributed by atoms with Gasteiger partial charge in [0, 0.05) is 13.0 Å².